The summed E-state index contributed by atoms with van der Waals surface area (Å²) in [5, 5.41) is 3.22. The highest BCUT2D eigenvalue weighted by Crippen LogP contribution is 2.27. The van der Waals surface area contributed by atoms with E-state index in [4.69, 9.17) is 4.74 Å². The summed E-state index contributed by atoms with van der Waals surface area (Å²) in [7, 11) is -3.56. The van der Waals surface area contributed by atoms with Gasteiger partial charge in [-0.2, -0.15) is 8.42 Å². The van der Waals surface area contributed by atoms with Gasteiger partial charge >= 0.3 is 0 Å². The molecule has 0 saturated carbocycles. The maximum Gasteiger partial charge on any atom is 0.286 e. The molecule has 2 aliphatic rings. The van der Waals surface area contributed by atoms with E-state index in [1.807, 2.05) is 0 Å². The largest absolute Gasteiger partial charge is 0.472 e. The topological polar surface area (TPSA) is 67.8 Å². The monoisotopic (exact) mass is 266 g/mol. The van der Waals surface area contributed by atoms with E-state index in [1.54, 1.807) is 24.3 Å². The Hall–Kier alpha value is -1.40. The molecule has 1 saturated heterocycles. The van der Waals surface area contributed by atoms with E-state index in [0.717, 1.165) is 25.9 Å². The van der Waals surface area contributed by atoms with Crippen molar-refractivity contribution in [1.82, 2.24) is 5.32 Å². The fourth-order valence-corrected chi connectivity index (χ4v) is 3.38. The Kier molecular flexibility index (Phi) is 2.83. The van der Waals surface area contributed by atoms with Crippen LogP contribution >= 0.6 is 0 Å². The number of hydrogen-bond acceptors (Lipinski definition) is 4. The van der Waals surface area contributed by atoms with E-state index in [1.165, 1.54) is 0 Å². The van der Waals surface area contributed by atoms with Crippen LogP contribution in [0.4, 0.5) is 0 Å². The molecule has 2 aliphatic heterocycles. The van der Waals surface area contributed by atoms with Gasteiger partial charge in [0, 0.05) is 6.54 Å². The van der Waals surface area contributed by atoms with Crippen LogP contribution in [0.5, 0.6) is 0 Å². The first-order valence-electron chi connectivity index (χ1n) is 5.98. The third kappa shape index (κ3) is 2.02. The Labute approximate surface area is 106 Å². The van der Waals surface area contributed by atoms with Crippen LogP contribution in [-0.2, 0) is 14.8 Å². The molecule has 0 amide bonds. The summed E-state index contributed by atoms with van der Waals surface area (Å²) in [6, 6.07) is 6.77. The molecular weight excluding hydrogens is 252 g/mol. The molecule has 6 heteroatoms. The molecule has 1 atom stereocenters. The summed E-state index contributed by atoms with van der Waals surface area (Å²) in [6.45, 7) is 1.72. The summed E-state index contributed by atoms with van der Waals surface area (Å²) in [6.07, 6.45) is 1.96. The van der Waals surface area contributed by atoms with Crippen LogP contribution in [0.1, 0.15) is 18.4 Å². The van der Waals surface area contributed by atoms with Crippen LogP contribution < -0.4 is 5.32 Å². The van der Waals surface area contributed by atoms with Crippen molar-refractivity contribution in [2.75, 3.05) is 13.1 Å². The zero-order valence-electron chi connectivity index (χ0n) is 9.80. The van der Waals surface area contributed by atoms with Gasteiger partial charge in [-0.15, -0.1) is 4.40 Å². The first-order chi connectivity index (χ1) is 8.67. The third-order valence-corrected chi connectivity index (χ3v) is 4.45. The van der Waals surface area contributed by atoms with Gasteiger partial charge in [-0.05, 0) is 31.5 Å². The Morgan fingerprint density at radius 1 is 1.33 bits per heavy atom. The van der Waals surface area contributed by atoms with Gasteiger partial charge in [-0.25, -0.2) is 0 Å². The van der Waals surface area contributed by atoms with E-state index in [9.17, 15) is 8.42 Å². The van der Waals surface area contributed by atoms with E-state index in [2.05, 4.69) is 9.71 Å². The fourth-order valence-electron chi connectivity index (χ4n) is 2.24. The minimum atomic E-state index is -3.56. The number of hydrogen-bond donors (Lipinski definition) is 1. The second-order valence-corrected chi connectivity index (χ2v) is 6.03. The quantitative estimate of drug-likeness (QED) is 0.820. The molecule has 0 bridgehead atoms. The summed E-state index contributed by atoms with van der Waals surface area (Å²) >= 11 is 0. The van der Waals surface area contributed by atoms with Gasteiger partial charge in [0.1, 0.15) is 11.0 Å². The lowest BCUT2D eigenvalue weighted by molar-refractivity contribution is 0.156. The van der Waals surface area contributed by atoms with Crippen molar-refractivity contribution in [3.05, 3.63) is 29.8 Å². The maximum absolute atomic E-state index is 11.8. The van der Waals surface area contributed by atoms with Gasteiger partial charge in [0.05, 0.1) is 5.56 Å². The minimum Gasteiger partial charge on any atom is -0.472 e. The molecule has 2 heterocycles. The van der Waals surface area contributed by atoms with E-state index < -0.39 is 10.0 Å². The van der Waals surface area contributed by atoms with Crippen LogP contribution in [0.2, 0.25) is 0 Å². The zero-order chi connectivity index (χ0) is 12.6. The molecule has 0 spiro atoms. The first kappa shape index (κ1) is 11.7. The molecule has 18 heavy (non-hydrogen) atoms. The SMILES string of the molecule is O=S1(=O)N=C(O[C@H]2CCCNC2)c2ccccc21. The molecular formula is C12H14N2O3S. The summed E-state index contributed by atoms with van der Waals surface area (Å²) in [4.78, 5) is 0.240. The van der Waals surface area contributed by atoms with E-state index in [-0.39, 0.29) is 16.9 Å². The lowest BCUT2D eigenvalue weighted by Crippen LogP contribution is -2.36. The highest BCUT2D eigenvalue weighted by Gasteiger charge is 2.31. The predicted molar refractivity (Wildman–Crippen MR) is 67.1 cm³/mol. The number of rotatable bonds is 1. The number of ether oxygens (including phenoxy) is 1. The zero-order valence-corrected chi connectivity index (χ0v) is 10.6. The van der Waals surface area contributed by atoms with Crippen molar-refractivity contribution in [2.24, 2.45) is 4.40 Å². The maximum atomic E-state index is 11.8. The van der Waals surface area contributed by atoms with E-state index >= 15 is 0 Å². The van der Waals surface area contributed by atoms with Crippen LogP contribution in [0.15, 0.2) is 33.6 Å². The molecule has 1 fully saturated rings. The van der Waals surface area contributed by atoms with Crippen molar-refractivity contribution in [3.8, 4) is 0 Å². The third-order valence-electron chi connectivity index (χ3n) is 3.13. The van der Waals surface area contributed by atoms with Crippen LogP contribution in [0, 0.1) is 0 Å². The van der Waals surface area contributed by atoms with Gasteiger partial charge in [-0.3, -0.25) is 0 Å². The molecule has 5 nitrogen and oxygen atoms in total. The number of sulfonamides is 1. The lowest BCUT2D eigenvalue weighted by atomic mass is 10.1. The van der Waals surface area contributed by atoms with Crippen LogP contribution in [0.3, 0.4) is 0 Å². The minimum absolute atomic E-state index is 0.00106. The van der Waals surface area contributed by atoms with Gasteiger partial charge in [0.2, 0.25) is 5.90 Å². The highest BCUT2D eigenvalue weighted by atomic mass is 32.2. The Balaban J connectivity index is 1.89. The Bertz CT molecular complexity index is 589. The molecule has 96 valence electrons. The molecule has 0 aromatic heterocycles. The number of benzene rings is 1. The number of piperidine rings is 1. The van der Waals surface area contributed by atoms with Gasteiger partial charge in [0.25, 0.3) is 10.0 Å². The predicted octanol–water partition coefficient (Wildman–Crippen LogP) is 0.904. The Morgan fingerprint density at radius 2 is 2.17 bits per heavy atom. The van der Waals surface area contributed by atoms with Gasteiger partial charge in [-0.1, -0.05) is 12.1 Å². The summed E-state index contributed by atoms with van der Waals surface area (Å²) in [5.41, 5.74) is 0.572. The number of nitrogens with one attached hydrogen (secondary N) is 1. The molecule has 3 rings (SSSR count). The highest BCUT2D eigenvalue weighted by molar-refractivity contribution is 7.90. The number of nitrogens with zero attached hydrogens (tertiary/aromatic N) is 1. The molecule has 1 N–H and O–H groups in total. The molecule has 0 radical (unpaired) electrons. The second-order valence-electron chi connectivity index (χ2n) is 4.45. The Morgan fingerprint density at radius 3 is 2.94 bits per heavy atom. The van der Waals surface area contributed by atoms with Crippen LogP contribution in [-0.4, -0.2) is 33.5 Å². The molecule has 0 unspecified atom stereocenters. The van der Waals surface area contributed by atoms with Crippen molar-refractivity contribution in [1.29, 1.82) is 0 Å². The van der Waals surface area contributed by atoms with Gasteiger partial charge < -0.3 is 10.1 Å². The normalized spacial score (nSPS) is 25.3. The summed E-state index contributed by atoms with van der Waals surface area (Å²) < 4.78 is 33.1. The van der Waals surface area contributed by atoms with Crippen molar-refractivity contribution >= 4 is 15.9 Å². The van der Waals surface area contributed by atoms with E-state index in [0.29, 0.717) is 5.56 Å². The lowest BCUT2D eigenvalue weighted by Gasteiger charge is -2.23. The number of fused-ring (bicyclic) bond motifs is 1. The first-order valence-corrected chi connectivity index (χ1v) is 7.42. The molecule has 1 aromatic carbocycles. The van der Waals surface area contributed by atoms with Gasteiger partial charge in [0.15, 0.2) is 0 Å². The van der Waals surface area contributed by atoms with Crippen molar-refractivity contribution in [2.45, 2.75) is 23.8 Å². The molecule has 1 aromatic rings. The fraction of sp³-hybridized carbons (Fsp3) is 0.417. The average Bonchev–Trinajstić information content (AvgIpc) is 2.63. The smallest absolute Gasteiger partial charge is 0.286 e. The molecule has 0 aliphatic carbocycles. The van der Waals surface area contributed by atoms with Crippen LogP contribution in [0.25, 0.3) is 0 Å². The van der Waals surface area contributed by atoms with Crippen molar-refractivity contribution < 1.29 is 13.2 Å². The summed E-state index contributed by atoms with van der Waals surface area (Å²) in [5.74, 6) is 0.235. The standard InChI is InChI=1S/C12H14N2O3S/c15-18(16)11-6-2-1-5-10(11)12(14-18)17-9-4-3-7-13-8-9/h1-2,5-6,9,13H,3-4,7-8H2/t9-/m0/s1. The average molecular weight is 266 g/mol. The van der Waals surface area contributed by atoms with Crippen molar-refractivity contribution in [3.63, 3.8) is 0 Å². The second kappa shape index (κ2) is 4.37.